The van der Waals surface area contributed by atoms with Crippen LogP contribution in [0.5, 0.6) is 0 Å². The van der Waals surface area contributed by atoms with E-state index < -0.39 is 0 Å². The monoisotopic (exact) mass is 154 g/mol. The van der Waals surface area contributed by atoms with Crippen LogP contribution < -0.4 is 0 Å². The van der Waals surface area contributed by atoms with E-state index in [1.807, 2.05) is 0 Å². The Hall–Kier alpha value is 0.270. The van der Waals surface area contributed by atoms with Gasteiger partial charge >= 0.3 is 0 Å². The molecule has 0 heterocycles. The maximum atomic E-state index is 10.0. The Balaban J connectivity index is 2.82. The van der Waals surface area contributed by atoms with Crippen LogP contribution >= 0.6 is 24.2 Å². The van der Waals surface area contributed by atoms with Crippen molar-refractivity contribution in [1.29, 1.82) is 0 Å². The molecule has 0 bridgehead atoms. The zero-order valence-corrected chi connectivity index (χ0v) is 5.91. The van der Waals surface area contributed by atoms with Crippen molar-refractivity contribution in [3.63, 3.8) is 0 Å². The summed E-state index contributed by atoms with van der Waals surface area (Å²) in [6.07, 6.45) is 0. The molecule has 8 heavy (non-hydrogen) atoms. The normalized spacial score (nSPS) is 9.25. The van der Waals surface area contributed by atoms with E-state index in [4.69, 9.17) is 11.6 Å². The van der Waals surface area contributed by atoms with E-state index in [2.05, 4.69) is 17.4 Å². The second-order valence-electron chi connectivity index (χ2n) is 1.14. The second-order valence-corrected chi connectivity index (χ2v) is 2.01. The van der Waals surface area contributed by atoms with Crippen LogP contribution in [0.25, 0.3) is 0 Å². The van der Waals surface area contributed by atoms with Gasteiger partial charge in [0.25, 0.3) is 0 Å². The molecule has 0 unspecified atom stereocenters. The Morgan fingerprint density at radius 1 is 1.75 bits per heavy atom. The van der Waals surface area contributed by atoms with Gasteiger partial charge in [-0.25, -0.2) is 0 Å². The molecule has 0 aliphatic heterocycles. The lowest BCUT2D eigenvalue weighted by molar-refractivity contribution is -0.114. The predicted molar refractivity (Wildman–Crippen MR) is 35.5 cm³/mol. The molecule has 0 aliphatic carbocycles. The van der Waals surface area contributed by atoms with Gasteiger partial charge in [-0.2, -0.15) is 0 Å². The molecule has 0 aromatic carbocycles. The Morgan fingerprint density at radius 3 is 2.75 bits per heavy atom. The third kappa shape index (κ3) is 6.27. The molecule has 0 N–H and O–H groups in total. The summed E-state index contributed by atoms with van der Waals surface area (Å²) in [6, 6.07) is 0. The molecular formula is C4H7ClO2S. The highest BCUT2D eigenvalue weighted by Gasteiger charge is 1.90. The summed E-state index contributed by atoms with van der Waals surface area (Å²) in [7, 11) is 0. The molecule has 0 fully saturated rings. The fourth-order valence-corrected chi connectivity index (χ4v) is 0.414. The smallest absolute Gasteiger partial charge is 0.211 e. The Bertz CT molecular complexity index is 76.4. The summed E-state index contributed by atoms with van der Waals surface area (Å²) in [4.78, 5) is 10.0. The van der Waals surface area contributed by atoms with E-state index >= 15 is 0 Å². The summed E-state index contributed by atoms with van der Waals surface area (Å²) in [5, 5.41) is -0.268. The zero-order chi connectivity index (χ0) is 6.41. The van der Waals surface area contributed by atoms with Gasteiger partial charge in [-0.05, 0) is 0 Å². The highest BCUT2D eigenvalue weighted by molar-refractivity contribution is 7.96. The van der Waals surface area contributed by atoms with E-state index in [0.717, 1.165) is 0 Å². The minimum Gasteiger partial charge on any atom is -0.372 e. The van der Waals surface area contributed by atoms with Crippen molar-refractivity contribution in [1.82, 2.24) is 0 Å². The molecule has 4 heteroatoms. The van der Waals surface area contributed by atoms with Gasteiger partial charge in [-0.15, -0.1) is 24.2 Å². The van der Waals surface area contributed by atoms with Crippen LogP contribution in [0.2, 0.25) is 0 Å². The molecule has 0 amide bonds. The van der Waals surface area contributed by atoms with Gasteiger partial charge in [0.2, 0.25) is 5.12 Å². The van der Waals surface area contributed by atoms with Crippen LogP contribution in [-0.4, -0.2) is 24.2 Å². The third-order valence-corrected chi connectivity index (χ3v) is 0.730. The van der Waals surface area contributed by atoms with Gasteiger partial charge in [0.15, 0.2) is 0 Å². The first-order valence-electron chi connectivity index (χ1n) is 2.13. The molecule has 0 aliphatic rings. The fourth-order valence-electron chi connectivity index (χ4n) is 0.214. The summed E-state index contributed by atoms with van der Waals surface area (Å²) in [5.41, 5.74) is 0. The van der Waals surface area contributed by atoms with Crippen molar-refractivity contribution < 1.29 is 9.53 Å². The molecule has 0 aromatic heterocycles. The van der Waals surface area contributed by atoms with Crippen LogP contribution in [0, 0.1) is 0 Å². The van der Waals surface area contributed by atoms with Crippen LogP contribution in [0.15, 0.2) is 0 Å². The number of hydrogen-bond acceptors (Lipinski definition) is 2. The predicted octanol–water partition coefficient (Wildman–Crippen LogP) is 0.698. The molecule has 48 valence electrons. The quantitative estimate of drug-likeness (QED) is 0.367. The number of alkyl halides is 1. The minimum atomic E-state index is -0.268. The maximum Gasteiger partial charge on any atom is 0.211 e. The number of carbonyl (C=O) groups is 1. The molecule has 0 saturated heterocycles. The van der Waals surface area contributed by atoms with Crippen molar-refractivity contribution in [2.75, 3.05) is 19.1 Å². The highest BCUT2D eigenvalue weighted by Crippen LogP contribution is 1.82. The Labute approximate surface area is 58.6 Å². The number of carbonyl (C=O) groups excluding carboxylic acids is 1. The molecule has 2 nitrogen and oxygen atoms in total. The Morgan fingerprint density at radius 2 is 2.38 bits per heavy atom. The van der Waals surface area contributed by atoms with E-state index in [1.54, 1.807) is 0 Å². The molecule has 0 atom stereocenters. The van der Waals surface area contributed by atoms with Gasteiger partial charge in [0.05, 0.1) is 6.61 Å². The molecular weight excluding hydrogens is 148 g/mol. The third-order valence-electron chi connectivity index (χ3n) is 0.447. The van der Waals surface area contributed by atoms with Crippen molar-refractivity contribution in [3.05, 3.63) is 0 Å². The second kappa shape index (κ2) is 5.41. The number of rotatable bonds is 4. The lowest BCUT2D eigenvalue weighted by Crippen LogP contribution is -2.03. The van der Waals surface area contributed by atoms with Crippen molar-refractivity contribution in [2.45, 2.75) is 0 Å². The van der Waals surface area contributed by atoms with Crippen LogP contribution in [0.1, 0.15) is 0 Å². The van der Waals surface area contributed by atoms with Crippen molar-refractivity contribution in [2.24, 2.45) is 0 Å². The molecule has 0 saturated carbocycles. The first-order valence-corrected chi connectivity index (χ1v) is 3.11. The van der Waals surface area contributed by atoms with Gasteiger partial charge < -0.3 is 4.74 Å². The van der Waals surface area contributed by atoms with E-state index in [-0.39, 0.29) is 11.7 Å². The highest BCUT2D eigenvalue weighted by atomic mass is 35.5. The van der Waals surface area contributed by atoms with Crippen LogP contribution in [-0.2, 0) is 9.53 Å². The first-order chi connectivity index (χ1) is 3.77. The Kier molecular flexibility index (Phi) is 5.59. The van der Waals surface area contributed by atoms with Gasteiger partial charge in [-0.1, -0.05) is 0 Å². The largest absolute Gasteiger partial charge is 0.372 e. The van der Waals surface area contributed by atoms with Gasteiger partial charge in [-0.3, -0.25) is 4.79 Å². The standard InChI is InChI=1S/C4H7ClO2S/c5-1-2-7-3-4(6)8/h1-3H2,(H,6,8). The van der Waals surface area contributed by atoms with E-state index in [0.29, 0.717) is 12.5 Å². The fraction of sp³-hybridized carbons (Fsp3) is 0.750. The molecule has 0 aromatic rings. The summed E-state index contributed by atoms with van der Waals surface area (Å²) < 4.78 is 4.69. The molecule has 0 spiro atoms. The molecule has 0 rings (SSSR count). The van der Waals surface area contributed by atoms with Crippen molar-refractivity contribution in [3.8, 4) is 0 Å². The van der Waals surface area contributed by atoms with Crippen molar-refractivity contribution >= 4 is 29.3 Å². The lowest BCUT2D eigenvalue weighted by atomic mass is 10.8. The summed E-state index contributed by atoms with van der Waals surface area (Å²) in [5.74, 6) is 0.418. The van der Waals surface area contributed by atoms with Gasteiger partial charge in [0.1, 0.15) is 6.61 Å². The number of halogens is 1. The minimum absolute atomic E-state index is 0.0514. The number of thiol groups is 1. The number of hydrogen-bond donors (Lipinski definition) is 1. The molecule has 0 radical (unpaired) electrons. The summed E-state index contributed by atoms with van der Waals surface area (Å²) in [6.45, 7) is 0.462. The average Bonchev–Trinajstić information content (AvgIpc) is 1.66. The first kappa shape index (κ1) is 8.27. The SMILES string of the molecule is O=C(S)COCCCl. The average molecular weight is 155 g/mol. The van der Waals surface area contributed by atoms with Gasteiger partial charge in [0, 0.05) is 5.88 Å². The van der Waals surface area contributed by atoms with Crippen LogP contribution in [0.4, 0.5) is 0 Å². The lowest BCUT2D eigenvalue weighted by Gasteiger charge is -1.93. The summed E-state index contributed by atoms with van der Waals surface area (Å²) >= 11 is 8.69. The van der Waals surface area contributed by atoms with Crippen LogP contribution in [0.3, 0.4) is 0 Å². The van der Waals surface area contributed by atoms with E-state index in [9.17, 15) is 4.79 Å². The number of ether oxygens (including phenoxy) is 1. The maximum absolute atomic E-state index is 10.0. The topological polar surface area (TPSA) is 26.3 Å². The zero-order valence-electron chi connectivity index (χ0n) is 4.26. The van der Waals surface area contributed by atoms with E-state index in [1.165, 1.54) is 0 Å².